The molecule has 1 unspecified atom stereocenters. The van der Waals surface area contributed by atoms with Crippen LogP contribution < -0.4 is 5.73 Å². The highest BCUT2D eigenvalue weighted by atomic mass is 16.5. The molecule has 0 spiro atoms. The van der Waals surface area contributed by atoms with Crippen molar-refractivity contribution in [2.24, 2.45) is 5.73 Å². The van der Waals surface area contributed by atoms with Crippen molar-refractivity contribution in [2.45, 2.75) is 37.6 Å². The lowest BCUT2D eigenvalue weighted by atomic mass is 9.80. The van der Waals surface area contributed by atoms with Crippen LogP contribution in [0, 0.1) is 0 Å². The molecule has 0 radical (unpaired) electrons. The third kappa shape index (κ3) is 2.98. The number of Topliss-reactive ketones (excluding diaryl/α,β-unsaturated/α-hetero) is 1. The first-order chi connectivity index (χ1) is 8.72. The van der Waals surface area contributed by atoms with Crippen molar-refractivity contribution in [3.8, 4) is 0 Å². The van der Waals surface area contributed by atoms with E-state index >= 15 is 0 Å². The summed E-state index contributed by atoms with van der Waals surface area (Å²) >= 11 is 0. The maximum Gasteiger partial charge on any atom is 0.179 e. The third-order valence-corrected chi connectivity index (χ3v) is 3.74. The molecule has 0 aromatic heterocycles. The van der Waals surface area contributed by atoms with E-state index in [1.165, 1.54) is 24.8 Å². The number of hydrogen-bond acceptors (Lipinski definition) is 3. The number of ether oxygens (including phenoxy) is 1. The largest absolute Gasteiger partial charge is 0.385 e. The van der Waals surface area contributed by atoms with E-state index < -0.39 is 6.04 Å². The molecule has 1 aromatic carbocycles. The number of ketones is 1. The quantitative estimate of drug-likeness (QED) is 0.786. The van der Waals surface area contributed by atoms with Gasteiger partial charge < -0.3 is 10.5 Å². The van der Waals surface area contributed by atoms with Crippen LogP contribution in [-0.4, -0.2) is 25.5 Å². The van der Waals surface area contributed by atoms with Gasteiger partial charge in [-0.1, -0.05) is 30.7 Å². The van der Waals surface area contributed by atoms with Crippen LogP contribution in [0.25, 0.3) is 0 Å². The lowest BCUT2D eigenvalue weighted by Gasteiger charge is -2.25. The van der Waals surface area contributed by atoms with Gasteiger partial charge in [0.05, 0.1) is 6.04 Å². The summed E-state index contributed by atoms with van der Waals surface area (Å²) in [6.45, 7) is 0.521. The van der Waals surface area contributed by atoms with Crippen molar-refractivity contribution >= 4 is 5.78 Å². The molecule has 0 bridgehead atoms. The molecule has 1 aromatic rings. The molecule has 0 saturated heterocycles. The van der Waals surface area contributed by atoms with E-state index in [2.05, 4.69) is 12.1 Å². The Bertz CT molecular complexity index is 395. The number of benzene rings is 1. The van der Waals surface area contributed by atoms with E-state index in [9.17, 15) is 4.79 Å². The van der Waals surface area contributed by atoms with Crippen LogP contribution in [0.4, 0.5) is 0 Å². The Balaban J connectivity index is 1.97. The van der Waals surface area contributed by atoms with Gasteiger partial charge in [0.15, 0.2) is 5.78 Å². The molecule has 1 saturated carbocycles. The zero-order valence-corrected chi connectivity index (χ0v) is 10.9. The first-order valence-corrected chi connectivity index (χ1v) is 6.61. The van der Waals surface area contributed by atoms with Gasteiger partial charge in [-0.05, 0) is 30.7 Å². The van der Waals surface area contributed by atoms with E-state index in [0.29, 0.717) is 24.5 Å². The molecular formula is C15H21NO2. The fraction of sp³-hybridized carbons (Fsp3) is 0.533. The second-order valence-electron chi connectivity index (χ2n) is 5.00. The zero-order valence-electron chi connectivity index (χ0n) is 10.9. The van der Waals surface area contributed by atoms with Gasteiger partial charge in [-0.2, -0.15) is 0 Å². The average molecular weight is 247 g/mol. The normalized spacial score (nSPS) is 17.2. The minimum Gasteiger partial charge on any atom is -0.385 e. The lowest BCUT2D eigenvalue weighted by molar-refractivity contribution is 0.0935. The molecule has 1 aliphatic rings. The predicted octanol–water partition coefficient (Wildman–Crippen LogP) is 2.50. The minimum absolute atomic E-state index is 0.00668. The first kappa shape index (κ1) is 13.2. The summed E-state index contributed by atoms with van der Waals surface area (Å²) in [6.07, 6.45) is 4.45. The van der Waals surface area contributed by atoms with Crippen molar-refractivity contribution in [1.82, 2.24) is 0 Å². The molecule has 0 heterocycles. The Kier molecular flexibility index (Phi) is 4.50. The molecule has 1 fully saturated rings. The number of carbonyl (C=O) groups is 1. The van der Waals surface area contributed by atoms with Crippen LogP contribution in [-0.2, 0) is 4.74 Å². The van der Waals surface area contributed by atoms with Crippen molar-refractivity contribution in [2.75, 3.05) is 13.7 Å². The van der Waals surface area contributed by atoms with Crippen LogP contribution in [0.3, 0.4) is 0 Å². The highest BCUT2D eigenvalue weighted by molar-refractivity contribution is 5.99. The SMILES string of the molecule is COCCC(N)C(=O)c1ccc(C2CCC2)cc1. The molecule has 2 N–H and O–H groups in total. The van der Waals surface area contributed by atoms with Gasteiger partial charge in [0, 0.05) is 19.3 Å². The van der Waals surface area contributed by atoms with Crippen LogP contribution in [0.1, 0.15) is 47.5 Å². The second-order valence-corrected chi connectivity index (χ2v) is 5.00. The fourth-order valence-electron chi connectivity index (χ4n) is 2.25. The smallest absolute Gasteiger partial charge is 0.179 e. The Hall–Kier alpha value is -1.19. The first-order valence-electron chi connectivity index (χ1n) is 6.61. The van der Waals surface area contributed by atoms with Gasteiger partial charge in [-0.25, -0.2) is 0 Å². The zero-order chi connectivity index (χ0) is 13.0. The second kappa shape index (κ2) is 6.12. The predicted molar refractivity (Wildman–Crippen MR) is 71.8 cm³/mol. The summed E-state index contributed by atoms with van der Waals surface area (Å²) < 4.78 is 4.94. The molecule has 18 heavy (non-hydrogen) atoms. The Labute approximate surface area is 108 Å². The molecule has 98 valence electrons. The maximum absolute atomic E-state index is 12.0. The molecule has 0 amide bonds. The minimum atomic E-state index is -0.459. The van der Waals surface area contributed by atoms with E-state index in [4.69, 9.17) is 10.5 Å². The van der Waals surface area contributed by atoms with E-state index in [-0.39, 0.29) is 5.78 Å². The van der Waals surface area contributed by atoms with Gasteiger partial charge >= 0.3 is 0 Å². The highest BCUT2D eigenvalue weighted by Crippen LogP contribution is 2.36. The number of carbonyl (C=O) groups excluding carboxylic acids is 1. The highest BCUT2D eigenvalue weighted by Gasteiger charge is 2.20. The average Bonchev–Trinajstić information content (AvgIpc) is 2.34. The summed E-state index contributed by atoms with van der Waals surface area (Å²) in [4.78, 5) is 12.0. The topological polar surface area (TPSA) is 52.3 Å². The van der Waals surface area contributed by atoms with Gasteiger partial charge in [0.2, 0.25) is 0 Å². The van der Waals surface area contributed by atoms with Gasteiger partial charge in [-0.15, -0.1) is 0 Å². The van der Waals surface area contributed by atoms with Crippen molar-refractivity contribution in [1.29, 1.82) is 0 Å². The lowest BCUT2D eigenvalue weighted by Crippen LogP contribution is -2.31. The van der Waals surface area contributed by atoms with Crippen LogP contribution in [0.2, 0.25) is 0 Å². The standard InChI is InChI=1S/C15H21NO2/c1-18-10-9-14(16)15(17)13-7-5-12(6-8-13)11-3-2-4-11/h5-8,11,14H,2-4,9-10,16H2,1H3. The van der Waals surface area contributed by atoms with Gasteiger partial charge in [0.1, 0.15) is 0 Å². The molecule has 3 heteroatoms. The Morgan fingerprint density at radius 3 is 2.56 bits per heavy atom. The summed E-state index contributed by atoms with van der Waals surface area (Å²) in [7, 11) is 1.62. The van der Waals surface area contributed by atoms with Gasteiger partial charge in [-0.3, -0.25) is 4.79 Å². The van der Waals surface area contributed by atoms with Crippen molar-refractivity contribution in [3.05, 3.63) is 35.4 Å². The summed E-state index contributed by atoms with van der Waals surface area (Å²) in [6, 6.07) is 7.49. The number of hydrogen-bond donors (Lipinski definition) is 1. The number of methoxy groups -OCH3 is 1. The third-order valence-electron chi connectivity index (χ3n) is 3.74. The van der Waals surface area contributed by atoms with Crippen LogP contribution >= 0.6 is 0 Å². The van der Waals surface area contributed by atoms with E-state index in [1.54, 1.807) is 7.11 Å². The van der Waals surface area contributed by atoms with Crippen LogP contribution in [0.15, 0.2) is 24.3 Å². The molecular weight excluding hydrogens is 226 g/mol. The fourth-order valence-corrected chi connectivity index (χ4v) is 2.25. The Morgan fingerprint density at radius 2 is 2.06 bits per heavy atom. The Morgan fingerprint density at radius 1 is 1.39 bits per heavy atom. The number of nitrogens with two attached hydrogens (primary N) is 1. The summed E-state index contributed by atoms with van der Waals surface area (Å²) in [5, 5.41) is 0. The summed E-state index contributed by atoms with van der Waals surface area (Å²) in [5.41, 5.74) is 7.90. The number of rotatable bonds is 6. The monoisotopic (exact) mass is 247 g/mol. The van der Waals surface area contributed by atoms with Crippen molar-refractivity contribution in [3.63, 3.8) is 0 Å². The maximum atomic E-state index is 12.0. The molecule has 1 atom stereocenters. The van der Waals surface area contributed by atoms with Crippen molar-refractivity contribution < 1.29 is 9.53 Å². The van der Waals surface area contributed by atoms with Gasteiger partial charge in [0.25, 0.3) is 0 Å². The molecule has 2 rings (SSSR count). The van der Waals surface area contributed by atoms with Crippen LogP contribution in [0.5, 0.6) is 0 Å². The van der Waals surface area contributed by atoms with E-state index in [1.807, 2.05) is 12.1 Å². The van der Waals surface area contributed by atoms with E-state index in [0.717, 1.165) is 0 Å². The molecule has 3 nitrogen and oxygen atoms in total. The summed E-state index contributed by atoms with van der Waals surface area (Å²) in [5.74, 6) is 0.712. The molecule has 1 aliphatic carbocycles. The molecule has 0 aliphatic heterocycles.